The summed E-state index contributed by atoms with van der Waals surface area (Å²) >= 11 is 0. The summed E-state index contributed by atoms with van der Waals surface area (Å²) < 4.78 is 21.3. The molecule has 0 unspecified atom stereocenters. The van der Waals surface area contributed by atoms with Crippen LogP contribution in [0.5, 0.6) is 5.75 Å². The van der Waals surface area contributed by atoms with E-state index in [4.69, 9.17) is 18.9 Å². The lowest BCUT2D eigenvalue weighted by Crippen LogP contribution is -2.32. The molecule has 0 aliphatic heterocycles. The quantitative estimate of drug-likeness (QED) is 0.219. The summed E-state index contributed by atoms with van der Waals surface area (Å²) in [6, 6.07) is 5.11. The highest BCUT2D eigenvalue weighted by Gasteiger charge is 2.28. The molecule has 31 heavy (non-hydrogen) atoms. The van der Waals surface area contributed by atoms with E-state index in [9.17, 15) is 19.7 Å². The minimum atomic E-state index is -0.910. The molecule has 0 spiro atoms. The Morgan fingerprint density at radius 3 is 1.97 bits per heavy atom. The van der Waals surface area contributed by atoms with Crippen molar-refractivity contribution in [1.29, 1.82) is 0 Å². The van der Waals surface area contributed by atoms with Crippen LogP contribution in [0.3, 0.4) is 0 Å². The standard InChI is InChI=1S/C22H33NO8/c1-20(2,3)31-18(24)12-21(4,5)13-28-14-22(6,7)15-29-19(25)30-17-10-8-16(9-11-17)23(26)27/h8-11H,12-15H2,1-7H3. The predicted molar refractivity (Wildman–Crippen MR) is 114 cm³/mol. The molecule has 0 saturated heterocycles. The molecule has 0 amide bonds. The molecule has 0 aromatic heterocycles. The number of carbonyl (C=O) groups is 2. The van der Waals surface area contributed by atoms with Gasteiger partial charge in [0.15, 0.2) is 0 Å². The zero-order chi connectivity index (χ0) is 23.9. The summed E-state index contributed by atoms with van der Waals surface area (Å²) in [5.41, 5.74) is -1.53. The highest BCUT2D eigenvalue weighted by molar-refractivity contribution is 5.70. The normalized spacial score (nSPS) is 12.2. The average Bonchev–Trinajstić information content (AvgIpc) is 2.58. The third-order valence-corrected chi connectivity index (χ3v) is 3.86. The first kappa shape index (κ1) is 26.4. The van der Waals surface area contributed by atoms with Gasteiger partial charge in [-0.25, -0.2) is 4.79 Å². The van der Waals surface area contributed by atoms with E-state index in [1.807, 2.05) is 48.5 Å². The summed E-state index contributed by atoms with van der Waals surface area (Å²) in [5.74, 6) is -0.133. The fourth-order valence-corrected chi connectivity index (χ4v) is 2.48. The van der Waals surface area contributed by atoms with Crippen molar-refractivity contribution in [2.75, 3.05) is 19.8 Å². The first-order chi connectivity index (χ1) is 14.1. The number of non-ortho nitro benzene ring substituents is 1. The summed E-state index contributed by atoms with van der Waals surface area (Å²) in [6.07, 6.45) is -0.685. The Morgan fingerprint density at radius 2 is 1.45 bits per heavy atom. The van der Waals surface area contributed by atoms with Crippen molar-refractivity contribution >= 4 is 17.8 Å². The molecule has 0 atom stereocenters. The maximum atomic E-state index is 12.0. The first-order valence-corrected chi connectivity index (χ1v) is 9.97. The van der Waals surface area contributed by atoms with Gasteiger partial charge in [-0.3, -0.25) is 14.9 Å². The molecule has 0 aliphatic rings. The Kier molecular flexibility index (Phi) is 8.98. The van der Waals surface area contributed by atoms with Gasteiger partial charge in [0.1, 0.15) is 18.0 Å². The predicted octanol–water partition coefficient (Wildman–Crippen LogP) is 4.91. The van der Waals surface area contributed by atoms with Gasteiger partial charge >= 0.3 is 12.1 Å². The van der Waals surface area contributed by atoms with Gasteiger partial charge < -0.3 is 18.9 Å². The number of rotatable bonds is 10. The molecule has 0 heterocycles. The van der Waals surface area contributed by atoms with E-state index in [0.29, 0.717) is 13.2 Å². The molecule has 1 rings (SSSR count). The first-order valence-electron chi connectivity index (χ1n) is 9.97. The second-order valence-corrected chi connectivity index (χ2v) is 9.98. The van der Waals surface area contributed by atoms with E-state index in [2.05, 4.69) is 0 Å². The Hall–Kier alpha value is -2.68. The molecule has 9 nitrogen and oxygen atoms in total. The van der Waals surface area contributed by atoms with E-state index in [1.54, 1.807) is 0 Å². The lowest BCUT2D eigenvalue weighted by Gasteiger charge is -2.29. The van der Waals surface area contributed by atoms with Crippen LogP contribution in [0.4, 0.5) is 10.5 Å². The lowest BCUT2D eigenvalue weighted by atomic mass is 9.90. The molecule has 0 radical (unpaired) electrons. The van der Waals surface area contributed by atoms with Crippen LogP contribution in [0.25, 0.3) is 0 Å². The van der Waals surface area contributed by atoms with Crippen molar-refractivity contribution in [2.45, 2.75) is 60.5 Å². The van der Waals surface area contributed by atoms with Crippen molar-refractivity contribution in [3.63, 3.8) is 0 Å². The number of benzene rings is 1. The van der Waals surface area contributed by atoms with E-state index in [-0.39, 0.29) is 30.4 Å². The van der Waals surface area contributed by atoms with Crippen LogP contribution < -0.4 is 4.74 Å². The van der Waals surface area contributed by atoms with Gasteiger partial charge in [0.25, 0.3) is 5.69 Å². The van der Waals surface area contributed by atoms with Gasteiger partial charge in [-0.2, -0.15) is 0 Å². The van der Waals surface area contributed by atoms with Crippen molar-refractivity contribution < 1.29 is 33.5 Å². The van der Waals surface area contributed by atoms with Crippen molar-refractivity contribution in [2.24, 2.45) is 10.8 Å². The van der Waals surface area contributed by atoms with Crippen LogP contribution in [-0.2, 0) is 19.0 Å². The van der Waals surface area contributed by atoms with Crippen LogP contribution in [0.15, 0.2) is 24.3 Å². The monoisotopic (exact) mass is 439 g/mol. The molecule has 0 N–H and O–H groups in total. The molecule has 0 saturated carbocycles. The SMILES string of the molecule is CC(C)(COCC(C)(C)CC(=O)OC(C)(C)C)COC(=O)Oc1ccc([N+](=O)[O-])cc1. The Morgan fingerprint density at radius 1 is 0.903 bits per heavy atom. The summed E-state index contributed by atoms with van der Waals surface area (Å²) in [5, 5.41) is 10.6. The van der Waals surface area contributed by atoms with Gasteiger partial charge in [0.2, 0.25) is 0 Å². The van der Waals surface area contributed by atoms with Gasteiger partial charge in [0, 0.05) is 17.5 Å². The molecular weight excluding hydrogens is 406 g/mol. The van der Waals surface area contributed by atoms with E-state index in [0.717, 1.165) is 0 Å². The number of nitrogens with zero attached hydrogens (tertiary/aromatic N) is 1. The number of ether oxygens (including phenoxy) is 4. The van der Waals surface area contributed by atoms with Crippen LogP contribution in [0, 0.1) is 20.9 Å². The number of nitro groups is 1. The lowest BCUT2D eigenvalue weighted by molar-refractivity contribution is -0.384. The molecule has 1 aromatic carbocycles. The van der Waals surface area contributed by atoms with Crippen molar-refractivity contribution in [1.82, 2.24) is 0 Å². The van der Waals surface area contributed by atoms with Gasteiger partial charge in [-0.05, 0) is 38.3 Å². The Bertz CT molecular complexity index is 763. The molecule has 9 heteroatoms. The van der Waals surface area contributed by atoms with Gasteiger partial charge in [0.05, 0.1) is 24.6 Å². The van der Waals surface area contributed by atoms with E-state index < -0.39 is 27.5 Å². The highest BCUT2D eigenvalue weighted by Crippen LogP contribution is 2.25. The number of esters is 1. The summed E-state index contributed by atoms with van der Waals surface area (Å²) in [6.45, 7) is 13.7. The minimum absolute atomic E-state index is 0.0469. The van der Waals surface area contributed by atoms with Gasteiger partial charge in [-0.1, -0.05) is 27.7 Å². The average molecular weight is 440 g/mol. The maximum Gasteiger partial charge on any atom is 0.513 e. The molecule has 0 aliphatic carbocycles. The third kappa shape index (κ3) is 11.3. The fourth-order valence-electron chi connectivity index (χ4n) is 2.48. The van der Waals surface area contributed by atoms with Crippen molar-refractivity contribution in [3.8, 4) is 5.75 Å². The minimum Gasteiger partial charge on any atom is -0.460 e. The van der Waals surface area contributed by atoms with Gasteiger partial charge in [-0.15, -0.1) is 0 Å². The topological polar surface area (TPSA) is 114 Å². The van der Waals surface area contributed by atoms with Crippen LogP contribution >= 0.6 is 0 Å². The maximum absolute atomic E-state index is 12.0. The van der Waals surface area contributed by atoms with Crippen LogP contribution in [0.1, 0.15) is 54.9 Å². The number of carbonyl (C=O) groups excluding carboxylic acids is 2. The zero-order valence-electron chi connectivity index (χ0n) is 19.4. The fraction of sp³-hybridized carbons (Fsp3) is 0.636. The Labute approximate surface area is 183 Å². The van der Waals surface area contributed by atoms with E-state index >= 15 is 0 Å². The second kappa shape index (κ2) is 10.6. The highest BCUT2D eigenvalue weighted by atomic mass is 16.7. The van der Waals surface area contributed by atoms with Crippen molar-refractivity contribution in [3.05, 3.63) is 34.4 Å². The summed E-state index contributed by atoms with van der Waals surface area (Å²) in [7, 11) is 0. The molecule has 174 valence electrons. The number of nitro benzene ring substituents is 1. The molecule has 0 bridgehead atoms. The number of hydrogen-bond donors (Lipinski definition) is 0. The zero-order valence-corrected chi connectivity index (χ0v) is 19.4. The summed E-state index contributed by atoms with van der Waals surface area (Å²) in [4.78, 5) is 34.0. The van der Waals surface area contributed by atoms with E-state index in [1.165, 1.54) is 24.3 Å². The number of hydrogen-bond acceptors (Lipinski definition) is 8. The smallest absolute Gasteiger partial charge is 0.460 e. The molecule has 0 fully saturated rings. The molecule has 1 aromatic rings. The second-order valence-electron chi connectivity index (χ2n) is 9.98. The third-order valence-electron chi connectivity index (χ3n) is 3.86. The molecular formula is C22H33NO8. The van der Waals surface area contributed by atoms with Crippen LogP contribution in [-0.4, -0.2) is 42.5 Å². The van der Waals surface area contributed by atoms with Crippen LogP contribution in [0.2, 0.25) is 0 Å². The Balaban J connectivity index is 2.41. The largest absolute Gasteiger partial charge is 0.513 e.